The van der Waals surface area contributed by atoms with Gasteiger partial charge in [-0.3, -0.25) is 0 Å². The first-order chi connectivity index (χ1) is 9.25. The predicted molar refractivity (Wildman–Crippen MR) is 69.3 cm³/mol. The molecule has 0 saturated carbocycles. The molecule has 0 spiro atoms. The van der Waals surface area contributed by atoms with E-state index in [0.29, 0.717) is 30.5 Å². The van der Waals surface area contributed by atoms with Gasteiger partial charge in [-0.05, 0) is 17.4 Å². The molecule has 100 valence electrons. The average molecular weight is 262 g/mol. The van der Waals surface area contributed by atoms with Gasteiger partial charge in [0, 0.05) is 25.1 Å². The van der Waals surface area contributed by atoms with Gasteiger partial charge in [0.25, 0.3) is 0 Å². The Balaban J connectivity index is 1.88. The van der Waals surface area contributed by atoms with E-state index in [-0.39, 0.29) is 5.82 Å². The zero-order valence-electron chi connectivity index (χ0n) is 10.3. The number of imidazole rings is 1. The summed E-state index contributed by atoms with van der Waals surface area (Å²) in [5, 5.41) is 14.2. The lowest BCUT2D eigenvalue weighted by molar-refractivity contribution is -0.389. The Hall–Kier alpha value is -2.15. The third-order valence-electron chi connectivity index (χ3n) is 3.26. The molecule has 1 N–H and O–H groups in total. The van der Waals surface area contributed by atoms with Crippen LogP contribution in [0.25, 0.3) is 5.65 Å². The number of ether oxygens (including phenoxy) is 1. The summed E-state index contributed by atoms with van der Waals surface area (Å²) in [6.45, 7) is 2.11. The van der Waals surface area contributed by atoms with Crippen molar-refractivity contribution in [3.05, 3.63) is 34.5 Å². The molecule has 1 aliphatic rings. The first-order valence-electron chi connectivity index (χ1n) is 6.19. The highest BCUT2D eigenvalue weighted by atomic mass is 16.6. The fourth-order valence-electron chi connectivity index (χ4n) is 2.26. The van der Waals surface area contributed by atoms with Crippen LogP contribution in [0.4, 0.5) is 11.6 Å². The van der Waals surface area contributed by atoms with Crippen molar-refractivity contribution < 1.29 is 9.66 Å². The second-order valence-corrected chi connectivity index (χ2v) is 4.58. The number of fused-ring (bicyclic) bond motifs is 1. The number of hydrogen-bond donors (Lipinski definition) is 1. The third kappa shape index (κ3) is 2.24. The number of aromatic nitrogens is 2. The van der Waals surface area contributed by atoms with Gasteiger partial charge >= 0.3 is 5.82 Å². The van der Waals surface area contributed by atoms with Gasteiger partial charge < -0.3 is 20.2 Å². The first kappa shape index (κ1) is 11.9. The normalized spacial score (nSPS) is 18.8. The van der Waals surface area contributed by atoms with Gasteiger partial charge in [0.1, 0.15) is 0 Å². The molecule has 0 unspecified atom stereocenters. The average Bonchev–Trinajstić information content (AvgIpc) is 3.03. The molecule has 1 aliphatic heterocycles. The zero-order chi connectivity index (χ0) is 13.2. The smallest absolute Gasteiger partial charge is 0.372 e. The van der Waals surface area contributed by atoms with Gasteiger partial charge in [-0.1, -0.05) is 6.07 Å². The highest BCUT2D eigenvalue weighted by Crippen LogP contribution is 2.25. The Morgan fingerprint density at radius 1 is 1.58 bits per heavy atom. The summed E-state index contributed by atoms with van der Waals surface area (Å²) in [5.41, 5.74) is 0.569. The quantitative estimate of drug-likeness (QED) is 0.669. The highest BCUT2D eigenvalue weighted by Gasteiger charge is 2.23. The monoisotopic (exact) mass is 262 g/mol. The van der Waals surface area contributed by atoms with E-state index in [1.165, 1.54) is 4.40 Å². The fourth-order valence-corrected chi connectivity index (χ4v) is 2.26. The van der Waals surface area contributed by atoms with E-state index < -0.39 is 4.92 Å². The van der Waals surface area contributed by atoms with Crippen LogP contribution < -0.4 is 5.32 Å². The minimum absolute atomic E-state index is 0.0190. The lowest BCUT2D eigenvalue weighted by Crippen LogP contribution is -2.15. The molecule has 7 nitrogen and oxygen atoms in total. The van der Waals surface area contributed by atoms with Gasteiger partial charge in [-0.15, -0.1) is 0 Å². The van der Waals surface area contributed by atoms with Crippen LogP contribution in [0.2, 0.25) is 0 Å². The van der Waals surface area contributed by atoms with Gasteiger partial charge in [0.05, 0.1) is 12.8 Å². The summed E-state index contributed by atoms with van der Waals surface area (Å²) in [4.78, 5) is 15.0. The Kier molecular flexibility index (Phi) is 3.04. The van der Waals surface area contributed by atoms with Crippen molar-refractivity contribution in [1.29, 1.82) is 0 Å². The van der Waals surface area contributed by atoms with Gasteiger partial charge in [0.2, 0.25) is 11.5 Å². The van der Waals surface area contributed by atoms with Crippen LogP contribution in [0.15, 0.2) is 24.4 Å². The van der Waals surface area contributed by atoms with Crippen LogP contribution in [-0.2, 0) is 4.74 Å². The largest absolute Gasteiger partial charge is 0.381 e. The predicted octanol–water partition coefficient (Wildman–Crippen LogP) is 1.69. The van der Waals surface area contributed by atoms with Gasteiger partial charge in [0.15, 0.2) is 0 Å². The second-order valence-electron chi connectivity index (χ2n) is 4.58. The van der Waals surface area contributed by atoms with Crippen molar-refractivity contribution in [1.82, 2.24) is 9.38 Å². The van der Waals surface area contributed by atoms with Crippen LogP contribution in [-0.4, -0.2) is 34.1 Å². The lowest BCUT2D eigenvalue weighted by Gasteiger charge is -2.07. The summed E-state index contributed by atoms with van der Waals surface area (Å²) in [7, 11) is 0. The number of pyridine rings is 1. The summed E-state index contributed by atoms with van der Waals surface area (Å²) < 4.78 is 6.76. The van der Waals surface area contributed by atoms with E-state index in [1.54, 1.807) is 24.4 Å². The molecule has 0 bridgehead atoms. The Morgan fingerprint density at radius 2 is 2.47 bits per heavy atom. The lowest BCUT2D eigenvalue weighted by atomic mass is 10.1. The molecule has 7 heteroatoms. The van der Waals surface area contributed by atoms with E-state index in [0.717, 1.165) is 13.0 Å². The van der Waals surface area contributed by atoms with Crippen molar-refractivity contribution >= 4 is 17.3 Å². The van der Waals surface area contributed by atoms with Crippen LogP contribution in [0, 0.1) is 16.0 Å². The standard InChI is InChI=1S/C12H14N4O3/c17-16(18)12-11(13-7-9-4-6-19-8-9)14-10-3-1-2-5-15(10)12/h1-3,5,9,13H,4,6-8H2/t9-/m0/s1. The summed E-state index contributed by atoms with van der Waals surface area (Å²) in [5.74, 6) is 0.696. The second kappa shape index (κ2) is 4.85. The zero-order valence-corrected chi connectivity index (χ0v) is 10.3. The number of anilines is 1. The Labute approximate surface area is 109 Å². The van der Waals surface area contributed by atoms with E-state index in [1.807, 2.05) is 0 Å². The molecule has 2 aromatic rings. The van der Waals surface area contributed by atoms with Crippen molar-refractivity contribution in [2.45, 2.75) is 6.42 Å². The van der Waals surface area contributed by atoms with E-state index in [9.17, 15) is 10.1 Å². The SMILES string of the molecule is O=[N+]([O-])c1c(NC[C@@H]2CCOC2)nc2ccccn12. The summed E-state index contributed by atoms with van der Waals surface area (Å²) >= 11 is 0. The summed E-state index contributed by atoms with van der Waals surface area (Å²) in [6.07, 6.45) is 2.62. The van der Waals surface area contributed by atoms with Crippen molar-refractivity contribution in [2.24, 2.45) is 5.92 Å². The molecule has 0 radical (unpaired) electrons. The maximum Gasteiger partial charge on any atom is 0.372 e. The number of nitrogens with one attached hydrogen (secondary N) is 1. The van der Waals surface area contributed by atoms with Crippen molar-refractivity contribution in [3.8, 4) is 0 Å². The molecule has 1 saturated heterocycles. The maximum absolute atomic E-state index is 11.2. The molecule has 1 fully saturated rings. The Morgan fingerprint density at radius 3 is 3.21 bits per heavy atom. The third-order valence-corrected chi connectivity index (χ3v) is 3.26. The molecule has 1 atom stereocenters. The molecule has 3 heterocycles. The molecule has 3 rings (SSSR count). The molecule has 0 aliphatic carbocycles. The molecule has 19 heavy (non-hydrogen) atoms. The number of rotatable bonds is 4. The molecular weight excluding hydrogens is 248 g/mol. The maximum atomic E-state index is 11.2. The van der Waals surface area contributed by atoms with Crippen LogP contribution in [0.3, 0.4) is 0 Å². The van der Waals surface area contributed by atoms with Gasteiger partial charge in [-0.2, -0.15) is 9.38 Å². The number of nitro groups is 1. The summed E-state index contributed by atoms with van der Waals surface area (Å²) in [6, 6.07) is 5.30. The highest BCUT2D eigenvalue weighted by molar-refractivity contribution is 5.62. The van der Waals surface area contributed by atoms with E-state index >= 15 is 0 Å². The van der Waals surface area contributed by atoms with Crippen LogP contribution >= 0.6 is 0 Å². The minimum Gasteiger partial charge on any atom is -0.381 e. The van der Waals surface area contributed by atoms with Crippen LogP contribution in [0.5, 0.6) is 0 Å². The Bertz CT molecular complexity index is 604. The number of hydrogen-bond acceptors (Lipinski definition) is 5. The topological polar surface area (TPSA) is 81.7 Å². The molecule has 0 aromatic carbocycles. The first-order valence-corrected chi connectivity index (χ1v) is 6.19. The molecular formula is C12H14N4O3. The van der Waals surface area contributed by atoms with Crippen molar-refractivity contribution in [2.75, 3.05) is 25.1 Å². The van der Waals surface area contributed by atoms with E-state index in [4.69, 9.17) is 4.74 Å². The molecule has 2 aromatic heterocycles. The van der Waals surface area contributed by atoms with Crippen molar-refractivity contribution in [3.63, 3.8) is 0 Å². The van der Waals surface area contributed by atoms with Crippen LogP contribution in [0.1, 0.15) is 6.42 Å². The fraction of sp³-hybridized carbons (Fsp3) is 0.417. The van der Waals surface area contributed by atoms with E-state index in [2.05, 4.69) is 10.3 Å². The number of nitrogens with zero attached hydrogens (tertiary/aromatic N) is 3. The van der Waals surface area contributed by atoms with Gasteiger partial charge in [-0.25, -0.2) is 0 Å². The molecule has 0 amide bonds. The minimum atomic E-state index is -0.409.